The number of ether oxygens (including phenoxy) is 1. The second-order valence-corrected chi connectivity index (χ2v) is 4.30. The fourth-order valence-electron chi connectivity index (χ4n) is 1.73. The van der Waals surface area contributed by atoms with E-state index in [4.69, 9.17) is 4.74 Å². The summed E-state index contributed by atoms with van der Waals surface area (Å²) in [6, 6.07) is 6.25. The largest absolute Gasteiger partial charge is 0.375 e. The van der Waals surface area contributed by atoms with Crippen LogP contribution in [0, 0.1) is 11.7 Å². The minimum Gasteiger partial charge on any atom is -0.375 e. The highest BCUT2D eigenvalue weighted by Gasteiger charge is 2.29. The zero-order chi connectivity index (χ0) is 12.3. The van der Waals surface area contributed by atoms with Crippen LogP contribution in [0.5, 0.6) is 0 Å². The first kappa shape index (κ1) is 12.0. The first-order chi connectivity index (χ1) is 8.20. The average molecular weight is 237 g/mol. The average Bonchev–Trinajstić information content (AvgIpc) is 3.13. The third-order valence-corrected chi connectivity index (χ3v) is 2.91. The van der Waals surface area contributed by atoms with Crippen molar-refractivity contribution in [3.8, 4) is 0 Å². The van der Waals surface area contributed by atoms with E-state index in [1.165, 1.54) is 12.1 Å². The quantitative estimate of drug-likeness (QED) is 0.851. The molecule has 1 aromatic rings. The SMILES string of the molecule is CO[C@@H](CNC(=O)C1CC1)c1cccc(F)c1. The lowest BCUT2D eigenvalue weighted by atomic mass is 10.1. The van der Waals surface area contributed by atoms with Crippen LogP contribution in [0.3, 0.4) is 0 Å². The van der Waals surface area contributed by atoms with Gasteiger partial charge in [-0.1, -0.05) is 12.1 Å². The molecule has 0 unspecified atom stereocenters. The van der Waals surface area contributed by atoms with Gasteiger partial charge in [0.15, 0.2) is 0 Å². The molecule has 92 valence electrons. The summed E-state index contributed by atoms with van der Waals surface area (Å²) in [6.07, 6.45) is 1.65. The van der Waals surface area contributed by atoms with Crippen molar-refractivity contribution >= 4 is 5.91 Å². The predicted molar refractivity (Wildman–Crippen MR) is 61.9 cm³/mol. The van der Waals surface area contributed by atoms with Gasteiger partial charge in [-0.25, -0.2) is 4.39 Å². The van der Waals surface area contributed by atoms with Crippen LogP contribution in [0.15, 0.2) is 24.3 Å². The van der Waals surface area contributed by atoms with E-state index < -0.39 is 0 Å². The molecule has 0 spiro atoms. The Morgan fingerprint density at radius 2 is 2.35 bits per heavy atom. The number of nitrogens with one attached hydrogen (secondary N) is 1. The van der Waals surface area contributed by atoms with Crippen LogP contribution in [-0.2, 0) is 9.53 Å². The molecule has 4 heteroatoms. The number of halogens is 1. The molecule has 2 rings (SSSR count). The number of amides is 1. The summed E-state index contributed by atoms with van der Waals surface area (Å²) >= 11 is 0. The Bertz CT molecular complexity index is 404. The number of benzene rings is 1. The van der Waals surface area contributed by atoms with Crippen molar-refractivity contribution in [3.05, 3.63) is 35.6 Å². The van der Waals surface area contributed by atoms with Gasteiger partial charge >= 0.3 is 0 Å². The number of carbonyl (C=O) groups is 1. The Kier molecular flexibility index (Phi) is 3.74. The third kappa shape index (κ3) is 3.27. The van der Waals surface area contributed by atoms with E-state index in [0.717, 1.165) is 18.4 Å². The molecule has 1 aliphatic rings. The van der Waals surface area contributed by atoms with E-state index in [1.54, 1.807) is 19.2 Å². The number of hydrogen-bond acceptors (Lipinski definition) is 2. The van der Waals surface area contributed by atoms with E-state index in [-0.39, 0.29) is 23.7 Å². The van der Waals surface area contributed by atoms with Crippen LogP contribution < -0.4 is 5.32 Å². The minimum absolute atomic E-state index is 0.0726. The lowest BCUT2D eigenvalue weighted by Crippen LogP contribution is -2.30. The standard InChI is InChI=1S/C13H16FNO2/c1-17-12(8-15-13(16)9-5-6-9)10-3-2-4-11(14)7-10/h2-4,7,9,12H,5-6,8H2,1H3,(H,15,16)/t12-/m0/s1. The van der Waals surface area contributed by atoms with Gasteiger partial charge in [-0.05, 0) is 30.5 Å². The summed E-state index contributed by atoms with van der Waals surface area (Å²) in [4.78, 5) is 11.5. The fourth-order valence-corrected chi connectivity index (χ4v) is 1.73. The molecule has 1 amide bonds. The molecule has 0 aliphatic heterocycles. The van der Waals surface area contributed by atoms with Gasteiger partial charge in [-0.3, -0.25) is 4.79 Å². The summed E-state index contributed by atoms with van der Waals surface area (Å²) in [5.41, 5.74) is 0.739. The molecule has 0 aromatic heterocycles. The van der Waals surface area contributed by atoms with Crippen LogP contribution in [-0.4, -0.2) is 19.6 Å². The molecule has 1 aromatic carbocycles. The zero-order valence-corrected chi connectivity index (χ0v) is 9.78. The van der Waals surface area contributed by atoms with E-state index >= 15 is 0 Å². The molecule has 0 saturated heterocycles. The first-order valence-corrected chi connectivity index (χ1v) is 5.76. The van der Waals surface area contributed by atoms with Gasteiger partial charge in [0.25, 0.3) is 0 Å². The Morgan fingerprint density at radius 3 is 2.94 bits per heavy atom. The Hall–Kier alpha value is -1.42. The Labute approximate surface area is 100.0 Å². The maximum Gasteiger partial charge on any atom is 0.223 e. The van der Waals surface area contributed by atoms with Crippen LogP contribution in [0.2, 0.25) is 0 Å². The first-order valence-electron chi connectivity index (χ1n) is 5.76. The maximum atomic E-state index is 13.1. The monoisotopic (exact) mass is 237 g/mol. The van der Waals surface area contributed by atoms with Crippen molar-refractivity contribution in [1.82, 2.24) is 5.32 Å². The van der Waals surface area contributed by atoms with Crippen molar-refractivity contribution in [1.29, 1.82) is 0 Å². The second-order valence-electron chi connectivity index (χ2n) is 4.30. The van der Waals surface area contributed by atoms with Crippen molar-refractivity contribution in [3.63, 3.8) is 0 Å². The molecule has 3 nitrogen and oxygen atoms in total. The molecule has 1 saturated carbocycles. The molecule has 1 fully saturated rings. The third-order valence-electron chi connectivity index (χ3n) is 2.91. The summed E-state index contributed by atoms with van der Waals surface area (Å²) in [6.45, 7) is 0.384. The van der Waals surface area contributed by atoms with Crippen molar-refractivity contribution in [2.24, 2.45) is 5.92 Å². The molecule has 0 radical (unpaired) electrons. The number of methoxy groups -OCH3 is 1. The van der Waals surface area contributed by atoms with Gasteiger partial charge in [0.05, 0.1) is 6.10 Å². The number of hydrogen-bond donors (Lipinski definition) is 1. The summed E-state index contributed by atoms with van der Waals surface area (Å²) in [5, 5.41) is 2.83. The Morgan fingerprint density at radius 1 is 1.59 bits per heavy atom. The lowest BCUT2D eigenvalue weighted by Gasteiger charge is -2.16. The normalized spacial score (nSPS) is 16.6. The molecular formula is C13H16FNO2. The highest BCUT2D eigenvalue weighted by molar-refractivity contribution is 5.80. The van der Waals surface area contributed by atoms with Gasteiger partial charge in [-0.2, -0.15) is 0 Å². The molecule has 1 N–H and O–H groups in total. The van der Waals surface area contributed by atoms with Crippen molar-refractivity contribution in [2.45, 2.75) is 18.9 Å². The lowest BCUT2D eigenvalue weighted by molar-refractivity contribution is -0.122. The predicted octanol–water partition coefficient (Wildman–Crippen LogP) is 2.04. The highest BCUT2D eigenvalue weighted by atomic mass is 19.1. The highest BCUT2D eigenvalue weighted by Crippen LogP contribution is 2.29. The van der Waals surface area contributed by atoms with Gasteiger partial charge in [-0.15, -0.1) is 0 Å². The maximum absolute atomic E-state index is 13.1. The van der Waals surface area contributed by atoms with Gasteiger partial charge in [0.1, 0.15) is 5.82 Å². The molecule has 1 aliphatic carbocycles. The topological polar surface area (TPSA) is 38.3 Å². The van der Waals surface area contributed by atoms with Crippen LogP contribution >= 0.6 is 0 Å². The second kappa shape index (κ2) is 5.27. The van der Waals surface area contributed by atoms with Crippen molar-refractivity contribution < 1.29 is 13.9 Å². The summed E-state index contributed by atoms with van der Waals surface area (Å²) in [7, 11) is 1.55. The summed E-state index contributed by atoms with van der Waals surface area (Å²) in [5.74, 6) is -0.0402. The van der Waals surface area contributed by atoms with Crippen LogP contribution in [0.4, 0.5) is 4.39 Å². The van der Waals surface area contributed by atoms with Crippen LogP contribution in [0.1, 0.15) is 24.5 Å². The van der Waals surface area contributed by atoms with E-state index in [0.29, 0.717) is 6.54 Å². The minimum atomic E-state index is -0.298. The smallest absolute Gasteiger partial charge is 0.223 e. The molecule has 0 bridgehead atoms. The van der Waals surface area contributed by atoms with E-state index in [1.807, 2.05) is 0 Å². The fraction of sp³-hybridized carbons (Fsp3) is 0.462. The molecule has 1 atom stereocenters. The van der Waals surface area contributed by atoms with Gasteiger partial charge < -0.3 is 10.1 Å². The van der Waals surface area contributed by atoms with Crippen LogP contribution in [0.25, 0.3) is 0 Å². The molecule has 17 heavy (non-hydrogen) atoms. The molecule has 0 heterocycles. The molecular weight excluding hydrogens is 221 g/mol. The number of carbonyl (C=O) groups excluding carboxylic acids is 1. The van der Waals surface area contributed by atoms with E-state index in [2.05, 4.69) is 5.32 Å². The Balaban J connectivity index is 1.93. The van der Waals surface area contributed by atoms with E-state index in [9.17, 15) is 9.18 Å². The van der Waals surface area contributed by atoms with Crippen molar-refractivity contribution in [2.75, 3.05) is 13.7 Å². The summed E-state index contributed by atoms with van der Waals surface area (Å²) < 4.78 is 18.3. The zero-order valence-electron chi connectivity index (χ0n) is 9.78. The van der Waals surface area contributed by atoms with Gasteiger partial charge in [0, 0.05) is 19.6 Å². The number of rotatable bonds is 5. The van der Waals surface area contributed by atoms with Gasteiger partial charge in [0.2, 0.25) is 5.91 Å².